The molecule has 1 aliphatic heterocycles. The number of benzene rings is 1. The summed E-state index contributed by atoms with van der Waals surface area (Å²) in [5.41, 5.74) is 1.35. The lowest BCUT2D eigenvalue weighted by Crippen LogP contribution is -2.27. The molecule has 0 radical (unpaired) electrons. The highest BCUT2D eigenvalue weighted by atomic mass is 35.5. The number of rotatable bonds is 2. The van der Waals surface area contributed by atoms with Crippen LogP contribution in [0.25, 0.3) is 11.0 Å². The fourth-order valence-electron chi connectivity index (χ4n) is 2.18. The van der Waals surface area contributed by atoms with E-state index in [1.807, 2.05) is 11.8 Å². The van der Waals surface area contributed by atoms with E-state index in [0.29, 0.717) is 46.7 Å². The number of halogens is 2. The zero-order valence-corrected chi connectivity index (χ0v) is 12.3. The number of likely N-dealkylation sites (N-methyl/N-ethyl adjacent to an activating group) is 1. The Labute approximate surface area is 126 Å². The number of aromatic nitrogens is 2. The fraction of sp³-hybridized carbons (Fsp3) is 0.308. The summed E-state index contributed by atoms with van der Waals surface area (Å²) in [6, 6.07) is 3.37. The van der Waals surface area contributed by atoms with Gasteiger partial charge in [-0.3, -0.25) is 9.78 Å². The van der Waals surface area contributed by atoms with Crippen molar-refractivity contribution in [3.63, 3.8) is 0 Å². The zero-order chi connectivity index (χ0) is 14.3. The van der Waals surface area contributed by atoms with Crippen molar-refractivity contribution in [3.8, 4) is 0 Å². The minimum atomic E-state index is 0.100. The molecule has 0 saturated carbocycles. The molecular weight excluding hydrogens is 299 g/mol. The molecule has 3 rings (SSSR count). The molecule has 5 nitrogen and oxygen atoms in total. The van der Waals surface area contributed by atoms with Gasteiger partial charge >= 0.3 is 0 Å². The summed E-state index contributed by atoms with van der Waals surface area (Å²) in [7, 11) is 0. The van der Waals surface area contributed by atoms with E-state index in [9.17, 15) is 4.79 Å². The van der Waals surface area contributed by atoms with Crippen LogP contribution in [0.1, 0.15) is 6.92 Å². The fourth-order valence-corrected chi connectivity index (χ4v) is 2.49. The third-order valence-electron chi connectivity index (χ3n) is 3.30. The Morgan fingerprint density at radius 3 is 2.60 bits per heavy atom. The van der Waals surface area contributed by atoms with E-state index in [4.69, 9.17) is 23.2 Å². The Kier molecular flexibility index (Phi) is 3.40. The highest BCUT2D eigenvalue weighted by Crippen LogP contribution is 2.27. The summed E-state index contributed by atoms with van der Waals surface area (Å²) in [5, 5.41) is 0.896. The van der Waals surface area contributed by atoms with Crippen LogP contribution >= 0.6 is 23.2 Å². The maximum Gasteiger partial charge on any atom is 0.243 e. The van der Waals surface area contributed by atoms with Gasteiger partial charge in [-0.25, -0.2) is 4.98 Å². The largest absolute Gasteiger partial charge is 0.328 e. The van der Waals surface area contributed by atoms with Crippen molar-refractivity contribution in [2.45, 2.75) is 6.92 Å². The van der Waals surface area contributed by atoms with Crippen LogP contribution in [0.4, 0.5) is 5.82 Å². The van der Waals surface area contributed by atoms with E-state index in [2.05, 4.69) is 9.97 Å². The molecule has 1 fully saturated rings. The lowest BCUT2D eigenvalue weighted by Gasteiger charge is -2.17. The molecule has 7 heteroatoms. The van der Waals surface area contributed by atoms with Gasteiger partial charge in [0.25, 0.3) is 0 Å². The normalized spacial score (nSPS) is 15.4. The van der Waals surface area contributed by atoms with Crippen LogP contribution in [-0.4, -0.2) is 40.5 Å². The Balaban J connectivity index is 1.97. The molecule has 2 heterocycles. The van der Waals surface area contributed by atoms with Gasteiger partial charge in [0.1, 0.15) is 12.4 Å². The van der Waals surface area contributed by atoms with Gasteiger partial charge in [-0.05, 0) is 19.1 Å². The standard InChI is InChI=1S/C13H12Cl2N4O/c1-2-18-7-19(6-13(18)20)12-5-16-10-3-8(14)9(15)4-11(10)17-12/h3-5H,2,6-7H2,1H3. The predicted octanol–water partition coefficient (Wildman–Crippen LogP) is 2.56. The molecule has 0 spiro atoms. The highest BCUT2D eigenvalue weighted by molar-refractivity contribution is 6.42. The van der Waals surface area contributed by atoms with Crippen molar-refractivity contribution in [3.05, 3.63) is 28.4 Å². The molecule has 2 aromatic rings. The van der Waals surface area contributed by atoms with Gasteiger partial charge in [0.2, 0.25) is 5.91 Å². The molecule has 1 aromatic heterocycles. The molecule has 20 heavy (non-hydrogen) atoms. The molecule has 1 aromatic carbocycles. The van der Waals surface area contributed by atoms with Crippen molar-refractivity contribution in [1.29, 1.82) is 0 Å². The second-order valence-electron chi connectivity index (χ2n) is 4.57. The molecule has 0 aliphatic carbocycles. The second kappa shape index (κ2) is 5.07. The van der Waals surface area contributed by atoms with Gasteiger partial charge in [-0.1, -0.05) is 23.2 Å². The second-order valence-corrected chi connectivity index (χ2v) is 5.39. The van der Waals surface area contributed by atoms with E-state index < -0.39 is 0 Å². The summed E-state index contributed by atoms with van der Waals surface area (Å²) in [6.07, 6.45) is 1.65. The van der Waals surface area contributed by atoms with Gasteiger partial charge in [-0.2, -0.15) is 0 Å². The van der Waals surface area contributed by atoms with Crippen molar-refractivity contribution in [1.82, 2.24) is 14.9 Å². The number of carbonyl (C=O) groups is 1. The van der Waals surface area contributed by atoms with E-state index >= 15 is 0 Å². The third kappa shape index (κ3) is 2.27. The molecule has 0 bridgehead atoms. The van der Waals surface area contributed by atoms with Gasteiger partial charge in [0.15, 0.2) is 0 Å². The molecule has 0 atom stereocenters. The molecule has 1 aliphatic rings. The first-order chi connectivity index (χ1) is 9.58. The predicted molar refractivity (Wildman–Crippen MR) is 79.2 cm³/mol. The number of nitrogens with zero attached hydrogens (tertiary/aromatic N) is 4. The summed E-state index contributed by atoms with van der Waals surface area (Å²) < 4.78 is 0. The van der Waals surface area contributed by atoms with Gasteiger partial charge in [0.05, 0.1) is 33.9 Å². The topological polar surface area (TPSA) is 49.3 Å². The summed E-state index contributed by atoms with van der Waals surface area (Å²) >= 11 is 11.9. The number of anilines is 1. The summed E-state index contributed by atoms with van der Waals surface area (Å²) in [6.45, 7) is 3.51. The van der Waals surface area contributed by atoms with Gasteiger partial charge in [0, 0.05) is 6.54 Å². The maximum absolute atomic E-state index is 11.7. The average Bonchev–Trinajstić information content (AvgIpc) is 2.81. The van der Waals surface area contributed by atoms with Crippen molar-refractivity contribution in [2.75, 3.05) is 24.7 Å². The molecule has 1 saturated heterocycles. The summed E-state index contributed by atoms with van der Waals surface area (Å²) in [5.74, 6) is 0.767. The number of amides is 1. The van der Waals surface area contributed by atoms with Crippen LogP contribution in [0.2, 0.25) is 10.0 Å². The average molecular weight is 311 g/mol. The van der Waals surface area contributed by atoms with Crippen LogP contribution in [0, 0.1) is 0 Å². The van der Waals surface area contributed by atoms with Crippen LogP contribution in [-0.2, 0) is 4.79 Å². The van der Waals surface area contributed by atoms with Gasteiger partial charge in [-0.15, -0.1) is 0 Å². The van der Waals surface area contributed by atoms with Crippen LogP contribution in [0.15, 0.2) is 18.3 Å². The number of carbonyl (C=O) groups excluding carboxylic acids is 1. The van der Waals surface area contributed by atoms with E-state index in [1.54, 1.807) is 23.2 Å². The zero-order valence-electron chi connectivity index (χ0n) is 10.8. The number of hydrogen-bond acceptors (Lipinski definition) is 4. The van der Waals surface area contributed by atoms with Crippen molar-refractivity contribution < 1.29 is 4.79 Å². The number of fused-ring (bicyclic) bond motifs is 1. The minimum Gasteiger partial charge on any atom is -0.328 e. The Bertz CT molecular complexity index is 691. The molecule has 104 valence electrons. The molecule has 1 amide bonds. The SMILES string of the molecule is CCN1CN(c2cnc3cc(Cl)c(Cl)cc3n2)CC1=O. The maximum atomic E-state index is 11.7. The third-order valence-corrected chi connectivity index (χ3v) is 4.02. The molecular formula is C13H12Cl2N4O. The lowest BCUT2D eigenvalue weighted by atomic mass is 10.3. The first kappa shape index (κ1) is 13.4. The Morgan fingerprint density at radius 1 is 1.25 bits per heavy atom. The molecule has 0 N–H and O–H groups in total. The van der Waals surface area contributed by atoms with E-state index in [0.717, 1.165) is 0 Å². The highest BCUT2D eigenvalue weighted by Gasteiger charge is 2.27. The quantitative estimate of drug-likeness (QED) is 0.855. The van der Waals surface area contributed by atoms with Crippen molar-refractivity contribution in [2.24, 2.45) is 0 Å². The number of hydrogen-bond donors (Lipinski definition) is 0. The first-order valence-electron chi connectivity index (χ1n) is 6.23. The van der Waals surface area contributed by atoms with E-state index in [1.165, 1.54) is 0 Å². The van der Waals surface area contributed by atoms with E-state index in [-0.39, 0.29) is 5.91 Å². The summed E-state index contributed by atoms with van der Waals surface area (Å²) in [4.78, 5) is 24.2. The molecule has 0 unspecified atom stereocenters. The minimum absolute atomic E-state index is 0.100. The van der Waals surface area contributed by atoms with Crippen LogP contribution in [0.5, 0.6) is 0 Å². The lowest BCUT2D eigenvalue weighted by molar-refractivity contribution is -0.126. The smallest absolute Gasteiger partial charge is 0.243 e. The van der Waals surface area contributed by atoms with Crippen LogP contribution in [0.3, 0.4) is 0 Å². The van der Waals surface area contributed by atoms with Crippen molar-refractivity contribution >= 4 is 46.0 Å². The monoisotopic (exact) mass is 310 g/mol. The Morgan fingerprint density at radius 2 is 1.95 bits per heavy atom. The van der Waals surface area contributed by atoms with Gasteiger partial charge < -0.3 is 9.80 Å². The first-order valence-corrected chi connectivity index (χ1v) is 6.98. The Hall–Kier alpha value is -1.59. The van der Waals surface area contributed by atoms with Crippen LogP contribution < -0.4 is 4.90 Å².